The molecule has 23 heavy (non-hydrogen) atoms. The maximum atomic E-state index is 12.7. The highest BCUT2D eigenvalue weighted by Crippen LogP contribution is 2.25. The fraction of sp³-hybridized carbons (Fsp3) is 0.389. The first-order valence-electron chi connectivity index (χ1n) is 7.97. The Hall–Kier alpha value is -1.52. The molecule has 0 unspecified atom stereocenters. The van der Waals surface area contributed by atoms with Crippen molar-refractivity contribution in [3.05, 3.63) is 50.7 Å². The fourth-order valence-corrected chi connectivity index (χ4v) is 4.24. The molecule has 0 bridgehead atoms. The van der Waals surface area contributed by atoms with Crippen LogP contribution in [-0.2, 0) is 6.42 Å². The smallest absolute Gasteiger partial charge is 0.264 e. The Labute approximate surface area is 146 Å². The summed E-state index contributed by atoms with van der Waals surface area (Å²) < 4.78 is 0. The van der Waals surface area contributed by atoms with E-state index >= 15 is 0 Å². The van der Waals surface area contributed by atoms with Crippen LogP contribution >= 0.6 is 22.9 Å². The molecule has 3 nitrogen and oxygen atoms in total. The first-order valence-corrected chi connectivity index (χ1v) is 9.17. The van der Waals surface area contributed by atoms with Crippen molar-refractivity contribution in [2.24, 2.45) is 0 Å². The molecule has 1 saturated heterocycles. The van der Waals surface area contributed by atoms with Gasteiger partial charge < -0.3 is 9.80 Å². The number of hydrogen-bond donors (Lipinski definition) is 0. The molecule has 1 amide bonds. The third kappa shape index (κ3) is 3.54. The summed E-state index contributed by atoms with van der Waals surface area (Å²) in [6.45, 7) is 7.42. The summed E-state index contributed by atoms with van der Waals surface area (Å²) in [6.07, 6.45) is 0.984. The van der Waals surface area contributed by atoms with E-state index in [1.165, 1.54) is 10.4 Å². The normalized spacial score (nSPS) is 15.1. The second-order valence-electron chi connectivity index (χ2n) is 5.80. The summed E-state index contributed by atoms with van der Waals surface area (Å²) in [5, 5.41) is 0.752. The lowest BCUT2D eigenvalue weighted by atomic mass is 10.2. The van der Waals surface area contributed by atoms with Crippen LogP contribution in [0.3, 0.4) is 0 Å². The summed E-state index contributed by atoms with van der Waals surface area (Å²) in [4.78, 5) is 19.1. The van der Waals surface area contributed by atoms with E-state index in [0.29, 0.717) is 0 Å². The minimum atomic E-state index is 0.170. The lowest BCUT2D eigenvalue weighted by Gasteiger charge is -2.36. The van der Waals surface area contributed by atoms with Gasteiger partial charge in [0.05, 0.1) is 4.88 Å². The molecular weight excluding hydrogens is 328 g/mol. The fourth-order valence-electron chi connectivity index (χ4n) is 2.97. The van der Waals surface area contributed by atoms with Crippen molar-refractivity contribution in [3.63, 3.8) is 0 Å². The largest absolute Gasteiger partial charge is 0.368 e. The number of aryl methyl sites for hydroxylation is 2. The van der Waals surface area contributed by atoms with E-state index in [-0.39, 0.29) is 5.91 Å². The first-order chi connectivity index (χ1) is 11.1. The van der Waals surface area contributed by atoms with Crippen LogP contribution in [-0.4, -0.2) is 37.0 Å². The van der Waals surface area contributed by atoms with E-state index < -0.39 is 0 Å². The Balaban J connectivity index is 1.65. The zero-order valence-corrected chi connectivity index (χ0v) is 15.1. The molecule has 0 saturated carbocycles. The van der Waals surface area contributed by atoms with E-state index in [1.807, 2.05) is 23.1 Å². The molecule has 1 aromatic carbocycles. The predicted octanol–water partition coefficient (Wildman–Crippen LogP) is 4.23. The summed E-state index contributed by atoms with van der Waals surface area (Å²) in [7, 11) is 0. The molecule has 2 aromatic rings. The molecule has 122 valence electrons. The number of benzene rings is 1. The van der Waals surface area contributed by atoms with Gasteiger partial charge in [0.1, 0.15) is 0 Å². The van der Waals surface area contributed by atoms with E-state index in [1.54, 1.807) is 11.3 Å². The second-order valence-corrected chi connectivity index (χ2v) is 7.50. The number of nitrogens with zero attached hydrogens (tertiary/aromatic N) is 2. The number of hydrogen-bond acceptors (Lipinski definition) is 3. The Morgan fingerprint density at radius 1 is 1.22 bits per heavy atom. The van der Waals surface area contributed by atoms with E-state index in [4.69, 9.17) is 11.6 Å². The van der Waals surface area contributed by atoms with Gasteiger partial charge in [-0.1, -0.05) is 24.6 Å². The van der Waals surface area contributed by atoms with Crippen molar-refractivity contribution < 1.29 is 4.79 Å². The highest BCUT2D eigenvalue weighted by molar-refractivity contribution is 7.14. The van der Waals surface area contributed by atoms with Gasteiger partial charge in [-0.05, 0) is 43.2 Å². The molecular formula is C18H21ClN2OS. The SMILES string of the molecule is CCc1cc(C(=O)N2CCN(c3cccc(Cl)c3)CC2)sc1C. The molecule has 5 heteroatoms. The Bertz CT molecular complexity index is 705. The second kappa shape index (κ2) is 6.93. The maximum Gasteiger partial charge on any atom is 0.264 e. The van der Waals surface area contributed by atoms with Crippen molar-refractivity contribution in [1.29, 1.82) is 0 Å². The zero-order valence-electron chi connectivity index (χ0n) is 13.5. The number of halogens is 1. The maximum absolute atomic E-state index is 12.7. The van der Waals surface area contributed by atoms with Gasteiger partial charge >= 0.3 is 0 Å². The van der Waals surface area contributed by atoms with Crippen LogP contribution in [0.25, 0.3) is 0 Å². The van der Waals surface area contributed by atoms with Crippen molar-refractivity contribution in [1.82, 2.24) is 4.90 Å². The lowest BCUT2D eigenvalue weighted by molar-refractivity contribution is 0.0751. The average Bonchev–Trinajstić information content (AvgIpc) is 2.95. The van der Waals surface area contributed by atoms with Crippen LogP contribution in [0, 0.1) is 6.92 Å². The number of rotatable bonds is 3. The zero-order chi connectivity index (χ0) is 16.4. The molecule has 0 atom stereocenters. The summed E-state index contributed by atoms with van der Waals surface area (Å²) in [5.41, 5.74) is 2.42. The molecule has 1 fully saturated rings. The molecule has 0 spiro atoms. The van der Waals surface area contributed by atoms with Gasteiger partial charge in [-0.2, -0.15) is 0 Å². The van der Waals surface area contributed by atoms with Gasteiger partial charge in [0.15, 0.2) is 0 Å². The van der Waals surface area contributed by atoms with Crippen molar-refractivity contribution in [2.45, 2.75) is 20.3 Å². The Morgan fingerprint density at radius 3 is 2.57 bits per heavy atom. The van der Waals surface area contributed by atoms with Crippen LogP contribution in [0.1, 0.15) is 27.0 Å². The monoisotopic (exact) mass is 348 g/mol. The third-order valence-electron chi connectivity index (χ3n) is 4.35. The number of carbonyl (C=O) groups excluding carboxylic acids is 1. The molecule has 0 N–H and O–H groups in total. The van der Waals surface area contributed by atoms with Crippen molar-refractivity contribution in [3.8, 4) is 0 Å². The van der Waals surface area contributed by atoms with Crippen LogP contribution in [0.5, 0.6) is 0 Å². The van der Waals surface area contributed by atoms with Gasteiger partial charge in [-0.25, -0.2) is 0 Å². The number of carbonyl (C=O) groups is 1. The van der Waals surface area contributed by atoms with Crippen LogP contribution in [0.2, 0.25) is 5.02 Å². The number of thiophene rings is 1. The molecule has 0 aliphatic carbocycles. The van der Waals surface area contributed by atoms with Crippen LogP contribution in [0.4, 0.5) is 5.69 Å². The number of anilines is 1. The highest BCUT2D eigenvalue weighted by Gasteiger charge is 2.24. The van der Waals surface area contributed by atoms with Crippen molar-refractivity contribution >= 4 is 34.5 Å². The molecule has 2 heterocycles. The number of piperazine rings is 1. The molecule has 0 radical (unpaired) electrons. The highest BCUT2D eigenvalue weighted by atomic mass is 35.5. The van der Waals surface area contributed by atoms with E-state index in [2.05, 4.69) is 30.9 Å². The van der Waals surface area contributed by atoms with Crippen molar-refractivity contribution in [2.75, 3.05) is 31.1 Å². The molecule has 1 aliphatic rings. The topological polar surface area (TPSA) is 23.6 Å². The Morgan fingerprint density at radius 2 is 1.96 bits per heavy atom. The lowest BCUT2D eigenvalue weighted by Crippen LogP contribution is -2.48. The first kappa shape index (κ1) is 16.3. The summed E-state index contributed by atoms with van der Waals surface area (Å²) in [5.74, 6) is 0.170. The molecule has 3 rings (SSSR count). The minimum absolute atomic E-state index is 0.170. The quantitative estimate of drug-likeness (QED) is 0.828. The minimum Gasteiger partial charge on any atom is -0.368 e. The summed E-state index contributed by atoms with van der Waals surface area (Å²) >= 11 is 7.68. The molecule has 1 aliphatic heterocycles. The number of amides is 1. The summed E-state index contributed by atoms with van der Waals surface area (Å²) in [6, 6.07) is 9.96. The van der Waals surface area contributed by atoms with Gasteiger partial charge in [0.25, 0.3) is 5.91 Å². The van der Waals surface area contributed by atoms with Gasteiger partial charge in [-0.15, -0.1) is 11.3 Å². The third-order valence-corrected chi connectivity index (χ3v) is 5.67. The van der Waals surface area contributed by atoms with E-state index in [9.17, 15) is 4.79 Å². The standard InChI is InChI=1S/C18H21ClN2OS/c1-3-14-11-17(23-13(14)2)18(22)21-9-7-20(8-10-21)16-6-4-5-15(19)12-16/h4-6,11-12H,3,7-10H2,1-2H3. The predicted molar refractivity (Wildman–Crippen MR) is 98.0 cm³/mol. The van der Waals surface area contributed by atoms with Gasteiger partial charge in [-0.3, -0.25) is 4.79 Å². The van der Waals surface area contributed by atoms with Crippen LogP contribution < -0.4 is 4.90 Å². The van der Waals surface area contributed by atoms with Gasteiger partial charge in [0, 0.05) is 41.8 Å². The van der Waals surface area contributed by atoms with Gasteiger partial charge in [0.2, 0.25) is 0 Å². The average molecular weight is 349 g/mol. The molecule has 1 aromatic heterocycles. The Kier molecular flexibility index (Phi) is 4.93. The van der Waals surface area contributed by atoms with Crippen LogP contribution in [0.15, 0.2) is 30.3 Å². The van der Waals surface area contributed by atoms with E-state index in [0.717, 1.165) is 48.2 Å².